The SMILES string of the molecule is CCC(N)[C@H](O)c1nc(C(C)C)no1. The van der Waals surface area contributed by atoms with Crippen LogP contribution in [0.4, 0.5) is 0 Å². The third-order valence-electron chi connectivity index (χ3n) is 2.10. The highest BCUT2D eigenvalue weighted by atomic mass is 16.5. The van der Waals surface area contributed by atoms with E-state index in [0.717, 1.165) is 0 Å². The highest BCUT2D eigenvalue weighted by molar-refractivity contribution is 4.96. The lowest BCUT2D eigenvalue weighted by Crippen LogP contribution is -2.27. The van der Waals surface area contributed by atoms with Crippen molar-refractivity contribution in [2.45, 2.75) is 45.3 Å². The summed E-state index contributed by atoms with van der Waals surface area (Å²) in [5, 5.41) is 13.4. The Morgan fingerprint density at radius 1 is 1.50 bits per heavy atom. The highest BCUT2D eigenvalue weighted by Crippen LogP contribution is 2.18. The van der Waals surface area contributed by atoms with E-state index in [1.165, 1.54) is 0 Å². The lowest BCUT2D eigenvalue weighted by molar-refractivity contribution is 0.105. The Morgan fingerprint density at radius 2 is 2.14 bits per heavy atom. The van der Waals surface area contributed by atoms with Crippen LogP contribution in [-0.4, -0.2) is 21.3 Å². The molecule has 1 heterocycles. The second kappa shape index (κ2) is 4.52. The van der Waals surface area contributed by atoms with Crippen LogP contribution in [0.3, 0.4) is 0 Å². The molecule has 0 aromatic carbocycles. The summed E-state index contributed by atoms with van der Waals surface area (Å²) >= 11 is 0. The number of nitrogens with two attached hydrogens (primary N) is 1. The maximum Gasteiger partial charge on any atom is 0.257 e. The van der Waals surface area contributed by atoms with Crippen molar-refractivity contribution >= 4 is 0 Å². The minimum atomic E-state index is -0.861. The van der Waals surface area contributed by atoms with E-state index in [9.17, 15) is 5.11 Å². The minimum absolute atomic E-state index is 0.192. The fourth-order valence-corrected chi connectivity index (χ4v) is 1.01. The summed E-state index contributed by atoms with van der Waals surface area (Å²) < 4.78 is 4.92. The maximum absolute atomic E-state index is 9.66. The molecule has 1 rings (SSSR count). The van der Waals surface area contributed by atoms with Gasteiger partial charge in [-0.1, -0.05) is 25.9 Å². The smallest absolute Gasteiger partial charge is 0.257 e. The summed E-state index contributed by atoms with van der Waals surface area (Å²) in [6, 6.07) is -0.351. The number of aliphatic hydroxyl groups excluding tert-OH is 1. The van der Waals surface area contributed by atoms with E-state index in [2.05, 4.69) is 10.1 Å². The molecule has 0 bridgehead atoms. The predicted molar refractivity (Wildman–Crippen MR) is 51.6 cm³/mol. The lowest BCUT2D eigenvalue weighted by Gasteiger charge is -2.11. The first kappa shape index (κ1) is 11.1. The Kier molecular flexibility index (Phi) is 3.60. The van der Waals surface area contributed by atoms with Gasteiger partial charge in [0, 0.05) is 12.0 Å². The van der Waals surface area contributed by atoms with Gasteiger partial charge in [0.25, 0.3) is 5.89 Å². The average molecular weight is 199 g/mol. The number of hydrogen-bond acceptors (Lipinski definition) is 5. The molecular weight excluding hydrogens is 182 g/mol. The summed E-state index contributed by atoms with van der Waals surface area (Å²) in [6.07, 6.45) is -0.194. The van der Waals surface area contributed by atoms with Crippen molar-refractivity contribution in [1.29, 1.82) is 0 Å². The Bertz CT molecular complexity index is 285. The molecule has 0 amide bonds. The van der Waals surface area contributed by atoms with Crippen molar-refractivity contribution in [3.63, 3.8) is 0 Å². The van der Waals surface area contributed by atoms with Crippen molar-refractivity contribution in [2.24, 2.45) is 5.73 Å². The molecule has 0 saturated heterocycles. The van der Waals surface area contributed by atoms with E-state index < -0.39 is 6.10 Å². The number of hydrogen-bond donors (Lipinski definition) is 2. The standard InChI is InChI=1S/C9H17N3O2/c1-4-6(10)7(13)9-11-8(5(2)3)12-14-9/h5-7,13H,4,10H2,1-3H3/t6?,7-/m0/s1. The lowest BCUT2D eigenvalue weighted by atomic mass is 10.1. The molecule has 14 heavy (non-hydrogen) atoms. The summed E-state index contributed by atoms with van der Waals surface area (Å²) in [4.78, 5) is 4.07. The Morgan fingerprint density at radius 3 is 2.57 bits per heavy atom. The van der Waals surface area contributed by atoms with Crippen LogP contribution in [0.2, 0.25) is 0 Å². The quantitative estimate of drug-likeness (QED) is 0.754. The maximum atomic E-state index is 9.66. The van der Waals surface area contributed by atoms with Gasteiger partial charge in [-0.05, 0) is 6.42 Å². The number of aliphatic hydroxyl groups is 1. The third kappa shape index (κ3) is 2.30. The highest BCUT2D eigenvalue weighted by Gasteiger charge is 2.22. The van der Waals surface area contributed by atoms with Crippen molar-refractivity contribution in [3.8, 4) is 0 Å². The van der Waals surface area contributed by atoms with Gasteiger partial charge in [-0.3, -0.25) is 0 Å². The van der Waals surface area contributed by atoms with Crippen LogP contribution in [0.5, 0.6) is 0 Å². The van der Waals surface area contributed by atoms with E-state index in [1.807, 2.05) is 20.8 Å². The van der Waals surface area contributed by atoms with Crippen LogP contribution in [0.15, 0.2) is 4.52 Å². The molecule has 0 saturated carbocycles. The van der Waals surface area contributed by atoms with Gasteiger partial charge in [-0.15, -0.1) is 0 Å². The molecule has 1 unspecified atom stereocenters. The molecule has 0 fully saturated rings. The van der Waals surface area contributed by atoms with Crippen LogP contribution < -0.4 is 5.73 Å². The molecule has 5 nitrogen and oxygen atoms in total. The first-order valence-corrected chi connectivity index (χ1v) is 4.83. The summed E-state index contributed by atoms with van der Waals surface area (Å²) in [5.41, 5.74) is 5.66. The third-order valence-corrected chi connectivity index (χ3v) is 2.10. The van der Waals surface area contributed by atoms with Crippen LogP contribution in [0.25, 0.3) is 0 Å². The fraction of sp³-hybridized carbons (Fsp3) is 0.778. The molecular formula is C9H17N3O2. The van der Waals surface area contributed by atoms with Gasteiger partial charge < -0.3 is 15.4 Å². The summed E-state index contributed by atoms with van der Waals surface area (Å²) in [6.45, 7) is 5.81. The van der Waals surface area contributed by atoms with Gasteiger partial charge >= 0.3 is 0 Å². The second-order valence-electron chi connectivity index (χ2n) is 3.66. The van der Waals surface area contributed by atoms with E-state index in [-0.39, 0.29) is 17.9 Å². The van der Waals surface area contributed by atoms with E-state index >= 15 is 0 Å². The van der Waals surface area contributed by atoms with Gasteiger partial charge in [0.1, 0.15) is 6.10 Å². The zero-order valence-corrected chi connectivity index (χ0v) is 8.77. The Hall–Kier alpha value is -0.940. The van der Waals surface area contributed by atoms with Crippen molar-refractivity contribution in [1.82, 2.24) is 10.1 Å². The second-order valence-corrected chi connectivity index (χ2v) is 3.66. The molecule has 1 aromatic heterocycles. The van der Waals surface area contributed by atoms with E-state index in [4.69, 9.17) is 10.3 Å². The molecule has 5 heteroatoms. The van der Waals surface area contributed by atoms with E-state index in [1.54, 1.807) is 0 Å². The van der Waals surface area contributed by atoms with E-state index in [0.29, 0.717) is 12.2 Å². The Balaban J connectivity index is 2.76. The zero-order chi connectivity index (χ0) is 10.7. The normalized spacial score (nSPS) is 15.9. The fourth-order valence-electron chi connectivity index (χ4n) is 1.01. The largest absolute Gasteiger partial charge is 0.382 e. The van der Waals surface area contributed by atoms with Crippen molar-refractivity contribution in [2.75, 3.05) is 0 Å². The molecule has 0 spiro atoms. The predicted octanol–water partition coefficient (Wildman–Crippen LogP) is 0.964. The van der Waals surface area contributed by atoms with Crippen LogP contribution >= 0.6 is 0 Å². The summed E-state index contributed by atoms with van der Waals surface area (Å²) in [7, 11) is 0. The molecule has 0 aliphatic rings. The zero-order valence-electron chi connectivity index (χ0n) is 8.77. The average Bonchev–Trinajstić information content (AvgIpc) is 2.64. The van der Waals surface area contributed by atoms with Gasteiger partial charge in [0.2, 0.25) is 0 Å². The van der Waals surface area contributed by atoms with Gasteiger partial charge in [-0.25, -0.2) is 0 Å². The molecule has 0 aliphatic carbocycles. The number of aromatic nitrogens is 2. The Labute approximate surface area is 83.3 Å². The van der Waals surface area contributed by atoms with Crippen molar-refractivity contribution < 1.29 is 9.63 Å². The molecule has 2 atom stereocenters. The molecule has 0 aliphatic heterocycles. The minimum Gasteiger partial charge on any atom is -0.382 e. The van der Waals surface area contributed by atoms with Gasteiger partial charge in [0.05, 0.1) is 0 Å². The molecule has 3 N–H and O–H groups in total. The van der Waals surface area contributed by atoms with Gasteiger partial charge in [0.15, 0.2) is 5.82 Å². The van der Waals surface area contributed by atoms with Crippen molar-refractivity contribution in [3.05, 3.63) is 11.7 Å². The first-order valence-electron chi connectivity index (χ1n) is 4.83. The number of nitrogens with zero attached hydrogens (tertiary/aromatic N) is 2. The van der Waals surface area contributed by atoms with Crippen LogP contribution in [0, 0.1) is 0 Å². The van der Waals surface area contributed by atoms with Gasteiger partial charge in [-0.2, -0.15) is 4.98 Å². The molecule has 0 radical (unpaired) electrons. The summed E-state index contributed by atoms with van der Waals surface area (Å²) in [5.74, 6) is 1.00. The number of rotatable bonds is 4. The first-order chi connectivity index (χ1) is 6.56. The van der Waals surface area contributed by atoms with Crippen LogP contribution in [-0.2, 0) is 0 Å². The monoisotopic (exact) mass is 199 g/mol. The topological polar surface area (TPSA) is 85.2 Å². The molecule has 80 valence electrons. The molecule has 1 aromatic rings. The van der Waals surface area contributed by atoms with Crippen LogP contribution in [0.1, 0.15) is 50.9 Å².